The minimum absolute atomic E-state index is 0.0443. The second-order valence-electron chi connectivity index (χ2n) is 8.15. The van der Waals surface area contributed by atoms with Crippen LogP contribution in [0.4, 0.5) is 0 Å². The average molecular weight is 392 g/mol. The summed E-state index contributed by atoms with van der Waals surface area (Å²) in [5.41, 5.74) is 3.58. The van der Waals surface area contributed by atoms with Gasteiger partial charge < -0.3 is 14.6 Å². The zero-order chi connectivity index (χ0) is 20.5. The van der Waals surface area contributed by atoms with Crippen molar-refractivity contribution in [2.24, 2.45) is 0 Å². The Balaban J connectivity index is 1.68. The molecule has 29 heavy (non-hydrogen) atoms. The Kier molecular flexibility index (Phi) is 5.52. The summed E-state index contributed by atoms with van der Waals surface area (Å²) < 4.78 is 2.30. The maximum atomic E-state index is 11.9. The lowest BCUT2D eigenvalue weighted by atomic mass is 10.0. The molecule has 0 bridgehead atoms. The van der Waals surface area contributed by atoms with E-state index in [9.17, 15) is 14.7 Å². The van der Waals surface area contributed by atoms with E-state index < -0.39 is 0 Å². The van der Waals surface area contributed by atoms with E-state index in [1.165, 1.54) is 0 Å². The predicted molar refractivity (Wildman–Crippen MR) is 116 cm³/mol. The molecule has 1 saturated heterocycles. The smallest absolute Gasteiger partial charge is 0.159 e. The molecule has 0 aliphatic carbocycles. The number of benzene rings is 2. The normalized spacial score (nSPS) is 16.0. The highest BCUT2D eigenvalue weighted by atomic mass is 16.3. The molecule has 1 N–H and O–H groups in total. The number of hydrogen-bond donors (Lipinski definition) is 1. The zero-order valence-electron chi connectivity index (χ0n) is 17.1. The fourth-order valence-corrected chi connectivity index (χ4v) is 4.38. The summed E-state index contributed by atoms with van der Waals surface area (Å²) in [4.78, 5) is 26.2. The Morgan fingerprint density at radius 3 is 1.90 bits per heavy atom. The van der Waals surface area contributed by atoms with E-state index in [1.807, 2.05) is 36.4 Å². The molecular formula is C24H28N2O3. The Morgan fingerprint density at radius 2 is 1.41 bits per heavy atom. The van der Waals surface area contributed by atoms with E-state index >= 15 is 0 Å². The van der Waals surface area contributed by atoms with Crippen LogP contribution in [0.1, 0.15) is 53.8 Å². The first-order valence-electron chi connectivity index (χ1n) is 10.4. The third-order valence-electron chi connectivity index (χ3n) is 6.09. The van der Waals surface area contributed by atoms with Gasteiger partial charge in [-0.2, -0.15) is 0 Å². The SMILES string of the molecule is CC(=O)c1ccc2c(c1)c1cc(C(C)=O)ccc1n2CCCN1CCC(O)CC1. The van der Waals surface area contributed by atoms with Crippen LogP contribution in [0.5, 0.6) is 0 Å². The first kappa shape index (κ1) is 19.8. The van der Waals surface area contributed by atoms with Crippen LogP contribution in [-0.4, -0.2) is 51.9 Å². The van der Waals surface area contributed by atoms with E-state index in [-0.39, 0.29) is 17.7 Å². The van der Waals surface area contributed by atoms with Gasteiger partial charge in [-0.05, 0) is 76.1 Å². The van der Waals surface area contributed by atoms with Gasteiger partial charge >= 0.3 is 0 Å². The number of carbonyl (C=O) groups is 2. The summed E-state index contributed by atoms with van der Waals surface area (Å²) in [6, 6.07) is 11.7. The fraction of sp³-hybridized carbons (Fsp3) is 0.417. The fourth-order valence-electron chi connectivity index (χ4n) is 4.38. The topological polar surface area (TPSA) is 62.5 Å². The molecule has 1 aliphatic rings. The number of hydrogen-bond acceptors (Lipinski definition) is 4. The van der Waals surface area contributed by atoms with Crippen LogP contribution in [0.25, 0.3) is 21.8 Å². The number of aliphatic hydroxyl groups excluding tert-OH is 1. The van der Waals surface area contributed by atoms with Crippen LogP contribution in [0.2, 0.25) is 0 Å². The van der Waals surface area contributed by atoms with Crippen molar-refractivity contribution in [3.63, 3.8) is 0 Å². The first-order chi connectivity index (χ1) is 13.9. The van der Waals surface area contributed by atoms with Gasteiger partial charge in [0.2, 0.25) is 0 Å². The number of carbonyl (C=O) groups excluding carboxylic acids is 2. The van der Waals surface area contributed by atoms with Crippen molar-refractivity contribution < 1.29 is 14.7 Å². The molecule has 3 aromatic rings. The van der Waals surface area contributed by atoms with Crippen molar-refractivity contribution in [2.45, 2.75) is 45.8 Å². The Morgan fingerprint density at radius 1 is 0.897 bits per heavy atom. The molecule has 0 spiro atoms. The highest BCUT2D eigenvalue weighted by Crippen LogP contribution is 2.31. The van der Waals surface area contributed by atoms with Crippen LogP contribution in [0.15, 0.2) is 36.4 Å². The number of rotatable bonds is 6. The van der Waals surface area contributed by atoms with Crippen molar-refractivity contribution in [1.29, 1.82) is 0 Å². The molecular weight excluding hydrogens is 364 g/mol. The molecule has 1 aliphatic heterocycles. The second-order valence-corrected chi connectivity index (χ2v) is 8.15. The van der Waals surface area contributed by atoms with Crippen molar-refractivity contribution >= 4 is 33.4 Å². The van der Waals surface area contributed by atoms with E-state index in [0.29, 0.717) is 11.1 Å². The van der Waals surface area contributed by atoms with E-state index in [4.69, 9.17) is 0 Å². The lowest BCUT2D eigenvalue weighted by Gasteiger charge is -2.29. The zero-order valence-corrected chi connectivity index (χ0v) is 17.1. The highest BCUT2D eigenvalue weighted by Gasteiger charge is 2.17. The molecule has 4 rings (SSSR count). The van der Waals surface area contributed by atoms with E-state index in [0.717, 1.165) is 67.2 Å². The van der Waals surface area contributed by atoms with E-state index in [1.54, 1.807) is 13.8 Å². The number of aromatic nitrogens is 1. The lowest BCUT2D eigenvalue weighted by Crippen LogP contribution is -2.36. The van der Waals surface area contributed by atoms with Gasteiger partial charge in [0.05, 0.1) is 6.10 Å². The van der Waals surface area contributed by atoms with Crippen molar-refractivity contribution in [3.05, 3.63) is 47.5 Å². The van der Waals surface area contributed by atoms with Gasteiger partial charge in [0.25, 0.3) is 0 Å². The van der Waals surface area contributed by atoms with Crippen LogP contribution in [0, 0.1) is 0 Å². The van der Waals surface area contributed by atoms with Crippen LogP contribution in [0.3, 0.4) is 0 Å². The number of aryl methyl sites for hydroxylation is 1. The van der Waals surface area contributed by atoms with Gasteiger partial charge in [0, 0.05) is 52.6 Å². The molecule has 0 unspecified atom stereocenters. The summed E-state index contributed by atoms with van der Waals surface area (Å²) in [7, 11) is 0. The predicted octanol–water partition coefficient (Wildman–Crippen LogP) is 4.05. The van der Waals surface area contributed by atoms with Gasteiger partial charge in [-0.15, -0.1) is 0 Å². The van der Waals surface area contributed by atoms with Crippen molar-refractivity contribution in [3.8, 4) is 0 Å². The van der Waals surface area contributed by atoms with Crippen LogP contribution < -0.4 is 0 Å². The largest absolute Gasteiger partial charge is 0.393 e. The molecule has 0 radical (unpaired) electrons. The summed E-state index contributed by atoms with van der Waals surface area (Å²) in [5.74, 6) is 0.0885. The number of fused-ring (bicyclic) bond motifs is 3. The number of ketones is 2. The van der Waals surface area contributed by atoms with Crippen LogP contribution >= 0.6 is 0 Å². The molecule has 152 valence electrons. The van der Waals surface area contributed by atoms with Gasteiger partial charge in [0.1, 0.15) is 0 Å². The lowest BCUT2D eigenvalue weighted by molar-refractivity contribution is 0.0816. The molecule has 0 saturated carbocycles. The second kappa shape index (κ2) is 8.09. The van der Waals surface area contributed by atoms with Gasteiger partial charge in [-0.25, -0.2) is 0 Å². The number of nitrogens with zero attached hydrogens (tertiary/aromatic N) is 2. The van der Waals surface area contributed by atoms with Gasteiger partial charge in [0.15, 0.2) is 11.6 Å². The molecule has 5 nitrogen and oxygen atoms in total. The molecule has 1 aromatic heterocycles. The Labute approximate surface area is 170 Å². The molecule has 0 atom stereocenters. The van der Waals surface area contributed by atoms with Gasteiger partial charge in [-0.1, -0.05) is 0 Å². The van der Waals surface area contributed by atoms with Crippen LogP contribution in [-0.2, 0) is 6.54 Å². The van der Waals surface area contributed by atoms with E-state index in [2.05, 4.69) is 9.47 Å². The number of aliphatic hydroxyl groups is 1. The first-order valence-corrected chi connectivity index (χ1v) is 10.4. The molecule has 2 heterocycles. The molecule has 2 aromatic carbocycles. The van der Waals surface area contributed by atoms with Crippen molar-refractivity contribution in [2.75, 3.05) is 19.6 Å². The minimum Gasteiger partial charge on any atom is -0.393 e. The third-order valence-corrected chi connectivity index (χ3v) is 6.09. The number of likely N-dealkylation sites (tertiary alicyclic amines) is 1. The average Bonchev–Trinajstić information content (AvgIpc) is 3.02. The summed E-state index contributed by atoms with van der Waals surface area (Å²) in [5, 5.41) is 11.7. The number of piperidine rings is 1. The Hall–Kier alpha value is -2.50. The minimum atomic E-state index is -0.144. The van der Waals surface area contributed by atoms with Crippen molar-refractivity contribution in [1.82, 2.24) is 9.47 Å². The Bertz CT molecular complexity index is 1000. The quantitative estimate of drug-likeness (QED) is 0.643. The van der Waals surface area contributed by atoms with Gasteiger partial charge in [-0.3, -0.25) is 9.59 Å². The standard InChI is InChI=1S/C24H28N2O3/c1-16(27)18-4-6-23-21(14-18)22-15-19(17(2)28)5-7-24(22)26(23)11-3-10-25-12-8-20(29)9-13-25/h4-7,14-15,20,29H,3,8-13H2,1-2H3. The molecule has 0 amide bonds. The monoisotopic (exact) mass is 392 g/mol. The highest BCUT2D eigenvalue weighted by molar-refractivity contribution is 6.12. The third kappa shape index (κ3) is 3.98. The summed E-state index contributed by atoms with van der Waals surface area (Å²) in [6.07, 6.45) is 2.58. The maximum Gasteiger partial charge on any atom is 0.159 e. The summed E-state index contributed by atoms with van der Waals surface area (Å²) in [6.45, 7) is 6.95. The summed E-state index contributed by atoms with van der Waals surface area (Å²) >= 11 is 0. The molecule has 1 fully saturated rings. The number of Topliss-reactive ketones (excluding diaryl/α,β-unsaturated/α-hetero) is 2. The maximum absolute atomic E-state index is 11.9. The molecule has 5 heteroatoms.